The van der Waals surface area contributed by atoms with Crippen molar-refractivity contribution in [3.63, 3.8) is 0 Å². The summed E-state index contributed by atoms with van der Waals surface area (Å²) in [5, 5.41) is 5.64. The zero-order valence-electron chi connectivity index (χ0n) is 6.98. The number of nitrogens with zero attached hydrogens (tertiary/aromatic N) is 2. The van der Waals surface area contributed by atoms with Crippen LogP contribution in [-0.4, -0.2) is 13.3 Å². The van der Waals surface area contributed by atoms with Crippen LogP contribution in [0.3, 0.4) is 0 Å². The first-order valence-corrected chi connectivity index (χ1v) is 3.78. The number of anilines is 1. The van der Waals surface area contributed by atoms with E-state index < -0.39 is 0 Å². The molecule has 1 aromatic carbocycles. The summed E-state index contributed by atoms with van der Waals surface area (Å²) >= 11 is 0. The van der Waals surface area contributed by atoms with Gasteiger partial charge in [-0.15, -0.1) is 6.58 Å². The van der Waals surface area contributed by atoms with Crippen molar-refractivity contribution in [3.8, 4) is 0 Å². The standard InChI is InChI=1S/C10H12N2/c1-3-9-12(11-2)10-7-5-4-6-8-10/h3-8H,1-2,9H2. The van der Waals surface area contributed by atoms with Gasteiger partial charge in [0.1, 0.15) is 0 Å². The normalized spacial score (nSPS) is 9.00. The Hall–Kier alpha value is -1.57. The summed E-state index contributed by atoms with van der Waals surface area (Å²) in [5.41, 5.74) is 1.03. The molecule has 2 heteroatoms. The second kappa shape index (κ2) is 4.34. The van der Waals surface area contributed by atoms with Crippen molar-refractivity contribution in [1.82, 2.24) is 0 Å². The number of benzene rings is 1. The average molecular weight is 160 g/mol. The van der Waals surface area contributed by atoms with Gasteiger partial charge in [0.2, 0.25) is 0 Å². The highest BCUT2D eigenvalue weighted by molar-refractivity contribution is 5.47. The topological polar surface area (TPSA) is 15.6 Å². The quantitative estimate of drug-likeness (QED) is 0.375. The van der Waals surface area contributed by atoms with Crippen molar-refractivity contribution in [2.75, 3.05) is 11.6 Å². The molecule has 0 aliphatic heterocycles. The molecule has 0 heterocycles. The monoisotopic (exact) mass is 160 g/mol. The Morgan fingerprint density at radius 2 is 2.00 bits per heavy atom. The Bertz CT molecular complexity index is 254. The smallest absolute Gasteiger partial charge is 0.0597 e. The molecule has 0 spiro atoms. The Kier molecular flexibility index (Phi) is 3.08. The van der Waals surface area contributed by atoms with Gasteiger partial charge in [-0.3, -0.25) is 5.01 Å². The molecule has 0 radical (unpaired) electrons. The molecule has 0 aliphatic carbocycles. The van der Waals surface area contributed by atoms with Gasteiger partial charge in [0.15, 0.2) is 0 Å². The van der Waals surface area contributed by atoms with Crippen LogP contribution >= 0.6 is 0 Å². The van der Waals surface area contributed by atoms with Gasteiger partial charge in [0.05, 0.1) is 12.2 Å². The van der Waals surface area contributed by atoms with Crippen LogP contribution in [0.25, 0.3) is 0 Å². The Morgan fingerprint density at radius 1 is 1.33 bits per heavy atom. The van der Waals surface area contributed by atoms with Gasteiger partial charge in [-0.05, 0) is 12.1 Å². The zero-order valence-corrected chi connectivity index (χ0v) is 6.98. The lowest BCUT2D eigenvalue weighted by molar-refractivity contribution is 0.951. The summed E-state index contributed by atoms with van der Waals surface area (Å²) < 4.78 is 0. The molecule has 0 atom stereocenters. The van der Waals surface area contributed by atoms with Gasteiger partial charge in [-0.1, -0.05) is 24.3 Å². The van der Waals surface area contributed by atoms with E-state index in [2.05, 4.69) is 18.4 Å². The highest BCUT2D eigenvalue weighted by Crippen LogP contribution is 2.12. The molecule has 2 nitrogen and oxygen atoms in total. The molecule has 1 rings (SSSR count). The van der Waals surface area contributed by atoms with Crippen molar-refractivity contribution in [1.29, 1.82) is 0 Å². The summed E-state index contributed by atoms with van der Waals surface area (Å²) in [6.45, 7) is 7.82. The number of hydrazone groups is 1. The second-order valence-corrected chi connectivity index (χ2v) is 2.35. The van der Waals surface area contributed by atoms with Crippen LogP contribution < -0.4 is 5.01 Å². The summed E-state index contributed by atoms with van der Waals surface area (Å²) in [4.78, 5) is 0. The highest BCUT2D eigenvalue weighted by Gasteiger charge is 1.98. The Balaban J connectivity index is 2.79. The van der Waals surface area contributed by atoms with E-state index >= 15 is 0 Å². The fourth-order valence-electron chi connectivity index (χ4n) is 0.967. The van der Waals surface area contributed by atoms with E-state index in [1.807, 2.05) is 30.3 Å². The first-order valence-electron chi connectivity index (χ1n) is 3.78. The summed E-state index contributed by atoms with van der Waals surface area (Å²) in [7, 11) is 0. The third-order valence-electron chi connectivity index (χ3n) is 1.53. The Labute approximate surface area is 72.8 Å². The zero-order chi connectivity index (χ0) is 8.81. The van der Waals surface area contributed by atoms with E-state index in [-0.39, 0.29) is 0 Å². The van der Waals surface area contributed by atoms with Crippen LogP contribution in [0.5, 0.6) is 0 Å². The highest BCUT2D eigenvalue weighted by atomic mass is 15.4. The van der Waals surface area contributed by atoms with Crippen LogP contribution in [0.2, 0.25) is 0 Å². The van der Waals surface area contributed by atoms with Gasteiger partial charge in [0, 0.05) is 6.72 Å². The van der Waals surface area contributed by atoms with Crippen LogP contribution in [-0.2, 0) is 0 Å². The molecule has 0 fully saturated rings. The van der Waals surface area contributed by atoms with Gasteiger partial charge >= 0.3 is 0 Å². The number of hydrogen-bond acceptors (Lipinski definition) is 2. The minimum atomic E-state index is 0.688. The molecule has 1 aromatic rings. The van der Waals surface area contributed by atoms with Gasteiger partial charge in [0.25, 0.3) is 0 Å². The molecule has 12 heavy (non-hydrogen) atoms. The molecule has 0 amide bonds. The van der Waals surface area contributed by atoms with Crippen LogP contribution in [0.1, 0.15) is 0 Å². The van der Waals surface area contributed by atoms with Crippen LogP contribution in [0.4, 0.5) is 5.69 Å². The molecular formula is C10H12N2. The minimum Gasteiger partial charge on any atom is -0.262 e. The maximum atomic E-state index is 3.86. The van der Waals surface area contributed by atoms with Crippen LogP contribution in [0, 0.1) is 0 Å². The predicted molar refractivity (Wildman–Crippen MR) is 53.5 cm³/mol. The number of hydrogen-bond donors (Lipinski definition) is 0. The SMILES string of the molecule is C=CCN(N=C)c1ccccc1. The van der Waals surface area contributed by atoms with Crippen molar-refractivity contribution in [2.24, 2.45) is 5.10 Å². The van der Waals surface area contributed by atoms with Gasteiger partial charge in [-0.25, -0.2) is 0 Å². The fourth-order valence-corrected chi connectivity index (χ4v) is 0.967. The van der Waals surface area contributed by atoms with E-state index in [0.29, 0.717) is 6.54 Å². The first kappa shape index (κ1) is 8.53. The molecular weight excluding hydrogens is 148 g/mol. The van der Waals surface area contributed by atoms with E-state index in [4.69, 9.17) is 0 Å². The molecule has 0 N–H and O–H groups in total. The molecule has 0 bridgehead atoms. The van der Waals surface area contributed by atoms with Gasteiger partial charge in [-0.2, -0.15) is 5.10 Å². The largest absolute Gasteiger partial charge is 0.262 e. The van der Waals surface area contributed by atoms with E-state index in [1.165, 1.54) is 0 Å². The fraction of sp³-hybridized carbons (Fsp3) is 0.100. The van der Waals surface area contributed by atoms with E-state index in [1.54, 1.807) is 11.1 Å². The maximum absolute atomic E-state index is 3.86. The second-order valence-electron chi connectivity index (χ2n) is 2.35. The van der Waals surface area contributed by atoms with Gasteiger partial charge < -0.3 is 0 Å². The molecule has 0 aromatic heterocycles. The first-order chi connectivity index (χ1) is 5.88. The number of rotatable bonds is 4. The Morgan fingerprint density at radius 3 is 2.50 bits per heavy atom. The van der Waals surface area contributed by atoms with Crippen LogP contribution in [0.15, 0.2) is 48.1 Å². The van der Waals surface area contributed by atoms with Crippen molar-refractivity contribution in [3.05, 3.63) is 43.0 Å². The van der Waals surface area contributed by atoms with Crippen molar-refractivity contribution in [2.45, 2.75) is 0 Å². The third-order valence-corrected chi connectivity index (χ3v) is 1.53. The van der Waals surface area contributed by atoms with Crippen molar-refractivity contribution >= 4 is 12.4 Å². The number of para-hydroxylation sites is 1. The molecule has 0 unspecified atom stereocenters. The minimum absolute atomic E-state index is 0.688. The third kappa shape index (κ3) is 1.95. The lowest BCUT2D eigenvalue weighted by atomic mass is 10.3. The van der Waals surface area contributed by atoms with E-state index in [9.17, 15) is 0 Å². The molecule has 0 saturated carbocycles. The summed E-state index contributed by atoms with van der Waals surface area (Å²) in [6, 6.07) is 9.88. The lowest BCUT2D eigenvalue weighted by Crippen LogP contribution is -2.14. The average Bonchev–Trinajstić information content (AvgIpc) is 2.15. The summed E-state index contributed by atoms with van der Waals surface area (Å²) in [5.74, 6) is 0. The van der Waals surface area contributed by atoms with Crippen molar-refractivity contribution < 1.29 is 0 Å². The molecule has 62 valence electrons. The summed E-state index contributed by atoms with van der Waals surface area (Å²) in [6.07, 6.45) is 1.79. The lowest BCUT2D eigenvalue weighted by Gasteiger charge is -2.15. The van der Waals surface area contributed by atoms with E-state index in [0.717, 1.165) is 5.69 Å². The predicted octanol–water partition coefficient (Wildman–Crippen LogP) is 2.29. The molecule has 0 aliphatic rings. The molecule has 0 saturated heterocycles. The maximum Gasteiger partial charge on any atom is 0.0597 e.